The maximum absolute atomic E-state index is 6.86. The van der Waals surface area contributed by atoms with Crippen molar-refractivity contribution in [2.45, 2.75) is 16.2 Å². The highest BCUT2D eigenvalue weighted by Gasteiger charge is 2.55. The molecule has 0 saturated heterocycles. The lowest BCUT2D eigenvalue weighted by atomic mass is 9.66. The molecule has 78 heavy (non-hydrogen) atoms. The summed E-state index contributed by atoms with van der Waals surface area (Å²) in [5.74, 6) is 3.49. The van der Waals surface area contributed by atoms with Gasteiger partial charge in [0.2, 0.25) is 0 Å². The number of ether oxygens (including phenoxy) is 2. The molecule has 0 N–H and O–H groups in total. The van der Waals surface area contributed by atoms with Gasteiger partial charge in [-0.3, -0.25) is 0 Å². The second-order valence-electron chi connectivity index (χ2n) is 21.2. The molecule has 2 heterocycles. The molecule has 0 atom stereocenters. The van der Waals surface area contributed by atoms with Crippen molar-refractivity contribution in [1.82, 2.24) is 0 Å². The third-order valence-electron chi connectivity index (χ3n) is 17.9. The van der Waals surface area contributed by atoms with Gasteiger partial charge in [-0.25, -0.2) is 0 Å². The highest BCUT2D eigenvalue weighted by Crippen LogP contribution is 2.68. The van der Waals surface area contributed by atoms with Crippen LogP contribution in [0.2, 0.25) is 0 Å². The molecule has 2 aliphatic heterocycles. The summed E-state index contributed by atoms with van der Waals surface area (Å²) in [6.07, 6.45) is 0. The topological polar surface area (TPSA) is 21.7 Å². The van der Waals surface area contributed by atoms with Crippen molar-refractivity contribution in [3.05, 3.63) is 352 Å². The first-order chi connectivity index (χ1) is 38.7. The Bertz CT molecular complexity index is 4150. The third-order valence-corrected chi connectivity index (χ3v) is 17.9. The van der Waals surface area contributed by atoms with E-state index in [1.54, 1.807) is 0 Å². The highest BCUT2D eigenvalue weighted by molar-refractivity contribution is 6.06. The monoisotopic (exact) mass is 993 g/mol. The van der Waals surface area contributed by atoms with E-state index in [4.69, 9.17) is 9.47 Å². The number of rotatable bonds is 5. The van der Waals surface area contributed by atoms with Crippen LogP contribution in [0.3, 0.4) is 0 Å². The minimum absolute atomic E-state index is 0.619. The Morgan fingerprint density at radius 1 is 0.205 bits per heavy atom. The minimum atomic E-state index is -0.676. The van der Waals surface area contributed by atoms with Crippen LogP contribution in [0.4, 0.5) is 17.1 Å². The summed E-state index contributed by atoms with van der Waals surface area (Å²) >= 11 is 0. The molecule has 0 amide bonds. The Balaban J connectivity index is 1.04. The van der Waals surface area contributed by atoms with E-state index in [9.17, 15) is 0 Å². The normalized spacial score (nSPS) is 14.9. The second kappa shape index (κ2) is 16.0. The van der Waals surface area contributed by atoms with Gasteiger partial charge in [-0.15, -0.1) is 0 Å². The number of hydrogen-bond acceptors (Lipinski definition) is 3. The Kier molecular flexibility index (Phi) is 8.90. The molecule has 5 aliphatic rings. The number of para-hydroxylation sites is 4. The van der Waals surface area contributed by atoms with E-state index in [0.717, 1.165) is 62.3 Å². The van der Waals surface area contributed by atoms with E-state index >= 15 is 0 Å². The van der Waals surface area contributed by atoms with Crippen molar-refractivity contribution < 1.29 is 9.47 Å². The van der Waals surface area contributed by atoms with Gasteiger partial charge in [-0.2, -0.15) is 0 Å². The number of hydrogen-bond donors (Lipinski definition) is 0. The fourth-order valence-corrected chi connectivity index (χ4v) is 15.2. The van der Waals surface area contributed by atoms with Gasteiger partial charge in [0.05, 0.1) is 33.3 Å². The maximum atomic E-state index is 6.86. The lowest BCUT2D eigenvalue weighted by molar-refractivity contribution is 0.436. The smallest absolute Gasteiger partial charge is 0.132 e. The van der Waals surface area contributed by atoms with Crippen LogP contribution in [-0.4, -0.2) is 0 Å². The first-order valence-electron chi connectivity index (χ1n) is 27.1. The van der Waals surface area contributed by atoms with Gasteiger partial charge in [0.15, 0.2) is 0 Å². The van der Waals surface area contributed by atoms with E-state index in [1.807, 2.05) is 0 Å². The number of nitrogens with zero attached hydrogens (tertiary/aromatic N) is 1. The molecule has 2 spiro atoms. The standard InChI is InChI=1S/C75H47NO2/c1-3-24-48(25-4-1)73(49-26-5-2-6-27-49)53-31-10-7-28-50(53)70-60(73)38-21-41-63(70)76(64-42-22-39-61-71(64)51-29-8-11-32-54(51)74(61)56-34-13-17-44-66(56)77-67-45-18-14-35-57(67)74)65-43-23-40-62-72(65)52-30-9-12-33-55(52)75(62)58-36-15-19-46-68(58)78-69-47-20-16-37-59(69)75/h1-47H. The zero-order valence-corrected chi connectivity index (χ0v) is 42.4. The summed E-state index contributed by atoms with van der Waals surface area (Å²) in [6, 6.07) is 106. The van der Waals surface area contributed by atoms with Crippen LogP contribution in [-0.2, 0) is 16.2 Å². The van der Waals surface area contributed by atoms with Crippen LogP contribution >= 0.6 is 0 Å². The van der Waals surface area contributed by atoms with Crippen LogP contribution in [0.25, 0.3) is 33.4 Å². The van der Waals surface area contributed by atoms with Gasteiger partial charge in [-0.05, 0) is 104 Å². The van der Waals surface area contributed by atoms with E-state index < -0.39 is 16.2 Å². The second-order valence-corrected chi connectivity index (χ2v) is 21.2. The number of benzene rings is 12. The molecule has 0 aromatic heterocycles. The largest absolute Gasteiger partial charge is 0.457 e. The summed E-state index contributed by atoms with van der Waals surface area (Å²) in [4.78, 5) is 2.65. The van der Waals surface area contributed by atoms with E-state index in [2.05, 4.69) is 290 Å². The van der Waals surface area contributed by atoms with Gasteiger partial charge >= 0.3 is 0 Å². The highest BCUT2D eigenvalue weighted by atomic mass is 16.5. The van der Waals surface area contributed by atoms with Crippen molar-refractivity contribution in [3.8, 4) is 56.4 Å². The van der Waals surface area contributed by atoms with Crippen LogP contribution in [0.5, 0.6) is 23.0 Å². The third kappa shape index (κ3) is 5.33. The molecule has 0 bridgehead atoms. The molecule has 12 aromatic carbocycles. The molecule has 12 aromatic rings. The molecular formula is C75H47NO2. The molecule has 0 radical (unpaired) electrons. The van der Waals surface area contributed by atoms with Crippen LogP contribution in [0.1, 0.15) is 66.8 Å². The fourth-order valence-electron chi connectivity index (χ4n) is 15.2. The summed E-state index contributed by atoms with van der Waals surface area (Å²) in [5.41, 5.74) is 23.0. The van der Waals surface area contributed by atoms with Gasteiger partial charge in [0.1, 0.15) is 23.0 Å². The molecule has 364 valence electrons. The van der Waals surface area contributed by atoms with Crippen molar-refractivity contribution in [1.29, 1.82) is 0 Å². The zero-order chi connectivity index (χ0) is 51.2. The molecule has 0 fully saturated rings. The molecule has 17 rings (SSSR count). The zero-order valence-electron chi connectivity index (χ0n) is 42.4. The summed E-state index contributed by atoms with van der Waals surface area (Å²) in [7, 11) is 0. The van der Waals surface area contributed by atoms with Gasteiger partial charge < -0.3 is 14.4 Å². The van der Waals surface area contributed by atoms with Crippen LogP contribution < -0.4 is 14.4 Å². The molecular weight excluding hydrogens is 947 g/mol. The Hall–Kier alpha value is -9.96. The number of anilines is 3. The molecule has 0 unspecified atom stereocenters. The minimum Gasteiger partial charge on any atom is -0.457 e. The predicted molar refractivity (Wildman–Crippen MR) is 313 cm³/mol. The van der Waals surface area contributed by atoms with Crippen LogP contribution in [0, 0.1) is 0 Å². The van der Waals surface area contributed by atoms with E-state index in [1.165, 1.54) is 77.9 Å². The van der Waals surface area contributed by atoms with Gasteiger partial charge in [0, 0.05) is 38.9 Å². The molecule has 3 aliphatic carbocycles. The van der Waals surface area contributed by atoms with Crippen LogP contribution in [0.15, 0.2) is 285 Å². The summed E-state index contributed by atoms with van der Waals surface area (Å²) in [6.45, 7) is 0. The quantitative estimate of drug-likeness (QED) is 0.172. The SMILES string of the molecule is c1ccc(C2(c3ccccc3)c3ccccc3-c3c(N(c4cccc5c4-c4ccccc4C54c5ccccc5Oc5ccccc54)c4cccc5c4-c4ccccc4C54c5ccccc5Oc5ccccc54)cccc32)cc1. The Morgan fingerprint density at radius 2 is 0.462 bits per heavy atom. The van der Waals surface area contributed by atoms with Crippen molar-refractivity contribution in [2.24, 2.45) is 0 Å². The van der Waals surface area contributed by atoms with Crippen molar-refractivity contribution in [2.75, 3.05) is 4.90 Å². The van der Waals surface area contributed by atoms with E-state index in [0.29, 0.717) is 0 Å². The lowest BCUT2D eigenvalue weighted by Gasteiger charge is -2.40. The Labute approximate surface area is 453 Å². The van der Waals surface area contributed by atoms with Gasteiger partial charge in [-0.1, -0.05) is 243 Å². The summed E-state index contributed by atoms with van der Waals surface area (Å²) in [5, 5.41) is 0. The van der Waals surface area contributed by atoms with Crippen molar-refractivity contribution >= 4 is 17.1 Å². The first-order valence-corrected chi connectivity index (χ1v) is 27.1. The lowest BCUT2D eigenvalue weighted by Crippen LogP contribution is -2.32. The van der Waals surface area contributed by atoms with Crippen molar-refractivity contribution in [3.63, 3.8) is 0 Å². The molecule has 3 nitrogen and oxygen atoms in total. The average Bonchev–Trinajstić information content (AvgIpc) is 4.10. The predicted octanol–water partition coefficient (Wildman–Crippen LogP) is 18.5. The Morgan fingerprint density at radius 3 is 0.808 bits per heavy atom. The first kappa shape index (κ1) is 43.3. The molecule has 0 saturated carbocycles. The maximum Gasteiger partial charge on any atom is 0.132 e. The summed E-state index contributed by atoms with van der Waals surface area (Å²) < 4.78 is 13.7. The molecule has 3 heteroatoms. The fraction of sp³-hybridized carbons (Fsp3) is 0.0400. The number of fused-ring (bicyclic) bond motifs is 21. The van der Waals surface area contributed by atoms with Gasteiger partial charge in [0.25, 0.3) is 0 Å². The average molecular weight is 994 g/mol. The van der Waals surface area contributed by atoms with E-state index in [-0.39, 0.29) is 0 Å².